The quantitative estimate of drug-likeness (QED) is 0.838. The average molecular weight is 299 g/mol. The summed E-state index contributed by atoms with van der Waals surface area (Å²) in [5, 5.41) is 13.3. The standard InChI is InChI=1S/C12H19BrN4/c1-5-10-12(13)11(17(4)15-10)8-16(3)7-9(2)6-14/h9H,5,7-8H2,1-4H3. The highest BCUT2D eigenvalue weighted by Crippen LogP contribution is 2.22. The van der Waals surface area contributed by atoms with Crippen molar-refractivity contribution in [1.29, 1.82) is 5.26 Å². The Hall–Kier alpha value is -0.860. The van der Waals surface area contributed by atoms with Crippen molar-refractivity contribution >= 4 is 15.9 Å². The molecular weight excluding hydrogens is 280 g/mol. The molecule has 0 bridgehead atoms. The van der Waals surface area contributed by atoms with Crippen molar-refractivity contribution in [3.8, 4) is 6.07 Å². The molecule has 0 fully saturated rings. The van der Waals surface area contributed by atoms with Crippen LogP contribution in [0.2, 0.25) is 0 Å². The van der Waals surface area contributed by atoms with Gasteiger partial charge in [0, 0.05) is 20.1 Å². The molecule has 1 heterocycles. The van der Waals surface area contributed by atoms with Crippen molar-refractivity contribution in [2.24, 2.45) is 13.0 Å². The predicted octanol–water partition coefficient (Wildman–Crippen LogP) is 2.34. The molecule has 0 spiro atoms. The highest BCUT2D eigenvalue weighted by atomic mass is 79.9. The second kappa shape index (κ2) is 6.18. The van der Waals surface area contributed by atoms with Gasteiger partial charge in [0.1, 0.15) is 0 Å². The first-order valence-electron chi connectivity index (χ1n) is 5.78. The van der Waals surface area contributed by atoms with Gasteiger partial charge in [-0.1, -0.05) is 6.92 Å². The van der Waals surface area contributed by atoms with Crippen molar-refractivity contribution in [1.82, 2.24) is 14.7 Å². The Bertz CT molecular complexity index is 419. The zero-order valence-electron chi connectivity index (χ0n) is 10.9. The number of halogens is 1. The second-order valence-electron chi connectivity index (χ2n) is 4.41. The second-order valence-corrected chi connectivity index (χ2v) is 5.20. The van der Waals surface area contributed by atoms with E-state index in [1.54, 1.807) is 0 Å². The molecule has 0 aliphatic carbocycles. The first kappa shape index (κ1) is 14.2. The number of nitriles is 1. The Balaban J connectivity index is 2.75. The Morgan fingerprint density at radius 2 is 2.24 bits per heavy atom. The van der Waals surface area contributed by atoms with Gasteiger partial charge in [-0.25, -0.2) is 0 Å². The normalized spacial score (nSPS) is 12.8. The first-order chi connectivity index (χ1) is 7.99. The molecule has 94 valence electrons. The summed E-state index contributed by atoms with van der Waals surface area (Å²) < 4.78 is 3.01. The van der Waals surface area contributed by atoms with E-state index >= 15 is 0 Å². The van der Waals surface area contributed by atoms with Crippen LogP contribution in [0.25, 0.3) is 0 Å². The number of hydrogen-bond acceptors (Lipinski definition) is 3. The number of aromatic nitrogens is 2. The molecule has 1 unspecified atom stereocenters. The number of nitrogens with zero attached hydrogens (tertiary/aromatic N) is 4. The maximum atomic E-state index is 8.80. The van der Waals surface area contributed by atoms with Gasteiger partial charge in [0.05, 0.1) is 27.8 Å². The molecule has 17 heavy (non-hydrogen) atoms. The van der Waals surface area contributed by atoms with Gasteiger partial charge in [-0.05, 0) is 36.3 Å². The Labute approximate surface area is 111 Å². The minimum Gasteiger partial charge on any atom is -0.299 e. The van der Waals surface area contributed by atoms with Crippen LogP contribution in [-0.4, -0.2) is 28.3 Å². The van der Waals surface area contributed by atoms with Gasteiger partial charge < -0.3 is 0 Å². The maximum absolute atomic E-state index is 8.80. The summed E-state index contributed by atoms with van der Waals surface area (Å²) >= 11 is 3.60. The van der Waals surface area contributed by atoms with Gasteiger partial charge in [0.2, 0.25) is 0 Å². The summed E-state index contributed by atoms with van der Waals surface area (Å²) in [5.74, 6) is 0.0534. The lowest BCUT2D eigenvalue weighted by Crippen LogP contribution is -2.24. The van der Waals surface area contributed by atoms with Crippen molar-refractivity contribution in [3.05, 3.63) is 15.9 Å². The van der Waals surface area contributed by atoms with E-state index in [1.165, 1.54) is 0 Å². The Morgan fingerprint density at radius 3 is 2.71 bits per heavy atom. The molecule has 0 saturated carbocycles. The number of aryl methyl sites for hydroxylation is 2. The highest BCUT2D eigenvalue weighted by molar-refractivity contribution is 9.10. The molecular formula is C12H19BrN4. The van der Waals surface area contributed by atoms with Crippen LogP contribution in [0.15, 0.2) is 4.47 Å². The molecule has 4 nitrogen and oxygen atoms in total. The molecule has 1 atom stereocenters. The van der Waals surface area contributed by atoms with Gasteiger partial charge in [-0.2, -0.15) is 10.4 Å². The lowest BCUT2D eigenvalue weighted by atomic mass is 10.2. The fourth-order valence-electron chi connectivity index (χ4n) is 1.82. The van der Waals surface area contributed by atoms with E-state index in [9.17, 15) is 0 Å². The average Bonchev–Trinajstić information content (AvgIpc) is 2.56. The summed E-state index contributed by atoms with van der Waals surface area (Å²) in [6, 6.07) is 2.25. The van der Waals surface area contributed by atoms with Crippen LogP contribution >= 0.6 is 15.9 Å². The fraction of sp³-hybridized carbons (Fsp3) is 0.667. The molecule has 0 saturated heterocycles. The summed E-state index contributed by atoms with van der Waals surface area (Å²) in [5.41, 5.74) is 2.25. The molecule has 1 aromatic heterocycles. The van der Waals surface area contributed by atoms with Crippen LogP contribution in [0.5, 0.6) is 0 Å². The van der Waals surface area contributed by atoms with Crippen LogP contribution < -0.4 is 0 Å². The maximum Gasteiger partial charge on any atom is 0.0767 e. The van der Waals surface area contributed by atoms with Crippen LogP contribution in [0.4, 0.5) is 0 Å². The van der Waals surface area contributed by atoms with Crippen LogP contribution in [-0.2, 0) is 20.0 Å². The van der Waals surface area contributed by atoms with E-state index in [0.29, 0.717) is 0 Å². The molecule has 0 amide bonds. The predicted molar refractivity (Wildman–Crippen MR) is 71.4 cm³/mol. The molecule has 1 rings (SSSR count). The molecule has 5 heteroatoms. The van der Waals surface area contributed by atoms with Gasteiger partial charge >= 0.3 is 0 Å². The SMILES string of the molecule is CCc1nn(C)c(CN(C)CC(C)C#N)c1Br. The first-order valence-corrected chi connectivity index (χ1v) is 6.57. The Kier molecular flexibility index (Phi) is 5.16. The van der Waals surface area contributed by atoms with E-state index < -0.39 is 0 Å². The van der Waals surface area contributed by atoms with Gasteiger partial charge in [0.15, 0.2) is 0 Å². The third-order valence-electron chi connectivity index (χ3n) is 2.73. The monoisotopic (exact) mass is 298 g/mol. The molecule has 0 radical (unpaired) electrons. The minimum absolute atomic E-state index is 0.0534. The molecule has 0 aliphatic heterocycles. The van der Waals surface area contributed by atoms with Crippen molar-refractivity contribution in [3.63, 3.8) is 0 Å². The molecule has 0 aromatic carbocycles. The van der Waals surface area contributed by atoms with Crippen LogP contribution in [0.1, 0.15) is 25.2 Å². The third-order valence-corrected chi connectivity index (χ3v) is 3.64. The third kappa shape index (κ3) is 3.55. The zero-order valence-corrected chi connectivity index (χ0v) is 12.5. The van der Waals surface area contributed by atoms with Gasteiger partial charge in [0.25, 0.3) is 0 Å². The van der Waals surface area contributed by atoms with Gasteiger partial charge in [-0.15, -0.1) is 0 Å². The number of hydrogen-bond donors (Lipinski definition) is 0. The molecule has 0 N–H and O–H groups in total. The number of rotatable bonds is 5. The van der Waals surface area contributed by atoms with Gasteiger partial charge in [-0.3, -0.25) is 9.58 Å². The zero-order chi connectivity index (χ0) is 13.0. The van der Waals surface area contributed by atoms with Crippen molar-refractivity contribution < 1.29 is 0 Å². The molecule has 0 aliphatic rings. The largest absolute Gasteiger partial charge is 0.299 e. The van der Waals surface area contributed by atoms with E-state index in [-0.39, 0.29) is 5.92 Å². The lowest BCUT2D eigenvalue weighted by Gasteiger charge is -2.18. The fourth-order valence-corrected chi connectivity index (χ4v) is 2.56. The summed E-state index contributed by atoms with van der Waals surface area (Å²) in [6.45, 7) is 5.61. The Morgan fingerprint density at radius 1 is 1.59 bits per heavy atom. The minimum atomic E-state index is 0.0534. The van der Waals surface area contributed by atoms with E-state index in [2.05, 4.69) is 38.9 Å². The van der Waals surface area contributed by atoms with Crippen LogP contribution in [0.3, 0.4) is 0 Å². The topological polar surface area (TPSA) is 44.9 Å². The summed E-state index contributed by atoms with van der Waals surface area (Å²) in [6.07, 6.45) is 0.923. The molecule has 1 aromatic rings. The van der Waals surface area contributed by atoms with Crippen molar-refractivity contribution in [2.75, 3.05) is 13.6 Å². The van der Waals surface area contributed by atoms with E-state index in [0.717, 1.165) is 35.4 Å². The summed E-state index contributed by atoms with van der Waals surface area (Å²) in [7, 11) is 3.99. The lowest BCUT2D eigenvalue weighted by molar-refractivity contribution is 0.294. The summed E-state index contributed by atoms with van der Waals surface area (Å²) in [4.78, 5) is 2.15. The highest BCUT2D eigenvalue weighted by Gasteiger charge is 2.15. The van der Waals surface area contributed by atoms with Crippen molar-refractivity contribution in [2.45, 2.75) is 26.8 Å². The van der Waals surface area contributed by atoms with E-state index in [1.807, 2.05) is 25.7 Å². The van der Waals surface area contributed by atoms with E-state index in [4.69, 9.17) is 5.26 Å². The smallest absolute Gasteiger partial charge is 0.0767 e. The van der Waals surface area contributed by atoms with Crippen LogP contribution in [0, 0.1) is 17.2 Å².